The number of anilines is 3. The van der Waals surface area contributed by atoms with Gasteiger partial charge in [-0.1, -0.05) is 24.3 Å². The predicted molar refractivity (Wildman–Crippen MR) is 124 cm³/mol. The van der Waals surface area contributed by atoms with Crippen LogP contribution in [0.15, 0.2) is 36.5 Å². The molecule has 0 saturated heterocycles. The number of halogens is 2. The lowest BCUT2D eigenvalue weighted by molar-refractivity contribution is 0.0928. The van der Waals surface area contributed by atoms with E-state index < -0.39 is 23.0 Å². The van der Waals surface area contributed by atoms with E-state index in [-0.39, 0.29) is 27.8 Å². The van der Waals surface area contributed by atoms with Crippen molar-refractivity contribution in [2.75, 3.05) is 31.7 Å². The van der Waals surface area contributed by atoms with Crippen LogP contribution >= 0.6 is 11.3 Å². The first-order valence-corrected chi connectivity index (χ1v) is 10.9. The average molecular weight is 475 g/mol. The monoisotopic (exact) mass is 474 g/mol. The summed E-state index contributed by atoms with van der Waals surface area (Å²) in [4.78, 5) is 35.2. The van der Waals surface area contributed by atoms with Gasteiger partial charge in [0, 0.05) is 18.8 Å². The third-order valence-corrected chi connectivity index (χ3v) is 5.71. The molecule has 0 aliphatic carbocycles. The van der Waals surface area contributed by atoms with Crippen molar-refractivity contribution in [2.45, 2.75) is 19.4 Å². The van der Waals surface area contributed by atoms with Crippen LogP contribution in [0.2, 0.25) is 0 Å². The highest BCUT2D eigenvalue weighted by molar-refractivity contribution is 7.18. The summed E-state index contributed by atoms with van der Waals surface area (Å²) in [7, 11) is 3.88. The quantitative estimate of drug-likeness (QED) is 0.407. The van der Waals surface area contributed by atoms with Gasteiger partial charge < -0.3 is 21.3 Å². The van der Waals surface area contributed by atoms with Crippen molar-refractivity contribution in [1.82, 2.24) is 20.2 Å². The van der Waals surface area contributed by atoms with Crippen molar-refractivity contribution >= 4 is 39.8 Å². The predicted octanol–water partition coefficient (Wildman–Crippen LogP) is 3.44. The van der Waals surface area contributed by atoms with Gasteiger partial charge >= 0.3 is 0 Å². The van der Waals surface area contributed by atoms with Gasteiger partial charge in [0.1, 0.15) is 28.1 Å². The average Bonchev–Trinajstić information content (AvgIpc) is 3.13. The number of carbonyl (C=O) groups excluding carboxylic acids is 2. The molecule has 0 saturated carbocycles. The van der Waals surface area contributed by atoms with Gasteiger partial charge in [0.05, 0.1) is 11.1 Å². The van der Waals surface area contributed by atoms with Crippen LogP contribution < -0.4 is 16.4 Å². The molecule has 0 spiro atoms. The van der Waals surface area contributed by atoms with Gasteiger partial charge in [0.15, 0.2) is 5.13 Å². The Morgan fingerprint density at radius 3 is 2.45 bits per heavy atom. The molecule has 33 heavy (non-hydrogen) atoms. The van der Waals surface area contributed by atoms with Crippen LogP contribution in [0.1, 0.15) is 38.9 Å². The van der Waals surface area contributed by atoms with E-state index in [0.29, 0.717) is 11.4 Å². The molecular weight excluding hydrogens is 450 g/mol. The number of hydrogen-bond acceptors (Lipinski definition) is 8. The van der Waals surface area contributed by atoms with Crippen LogP contribution in [0.4, 0.5) is 25.5 Å². The molecular formula is C22H24F2N6O2S. The summed E-state index contributed by atoms with van der Waals surface area (Å²) < 4.78 is 27.9. The Hall–Kier alpha value is -3.44. The minimum absolute atomic E-state index is 0.0128. The number of nitrogen functional groups attached to an aromatic ring is 1. The summed E-state index contributed by atoms with van der Waals surface area (Å²) in [5, 5.41) is 6.06. The standard InChI is InChI=1S/C22H24F2N6O2S/c1-4-13(11-30(2)3)27-21(32)12-8-9-16(26-10-12)28-22-29-20(25)19(33-22)18(31)17-14(23)6-5-7-15(17)24/h5-10,13H,4,11,25H2,1-3H3,(H,27,32)(H,26,28,29)/t13-/m1/s1. The number of benzene rings is 1. The fraction of sp³-hybridized carbons (Fsp3) is 0.273. The van der Waals surface area contributed by atoms with Gasteiger partial charge in [-0.25, -0.2) is 18.7 Å². The van der Waals surface area contributed by atoms with E-state index in [4.69, 9.17) is 5.73 Å². The van der Waals surface area contributed by atoms with Crippen molar-refractivity contribution < 1.29 is 18.4 Å². The Bertz CT molecular complexity index is 1130. The van der Waals surface area contributed by atoms with Gasteiger partial charge in [-0.2, -0.15) is 0 Å². The number of thiazole rings is 1. The highest BCUT2D eigenvalue weighted by atomic mass is 32.1. The van der Waals surface area contributed by atoms with Gasteiger partial charge in [0.25, 0.3) is 5.91 Å². The molecule has 3 rings (SSSR count). The maximum absolute atomic E-state index is 14.0. The molecule has 1 atom stereocenters. The highest BCUT2D eigenvalue weighted by Crippen LogP contribution is 2.30. The third-order valence-electron chi connectivity index (χ3n) is 4.72. The Morgan fingerprint density at radius 2 is 1.88 bits per heavy atom. The smallest absolute Gasteiger partial charge is 0.253 e. The lowest BCUT2D eigenvalue weighted by atomic mass is 10.1. The Labute approximate surface area is 193 Å². The van der Waals surface area contributed by atoms with Crippen LogP contribution in [-0.2, 0) is 0 Å². The van der Waals surface area contributed by atoms with Crippen LogP contribution in [-0.4, -0.2) is 53.2 Å². The third kappa shape index (κ3) is 5.88. The molecule has 2 aromatic heterocycles. The van der Waals surface area contributed by atoms with Crippen molar-refractivity contribution in [1.29, 1.82) is 0 Å². The van der Waals surface area contributed by atoms with Crippen molar-refractivity contribution in [3.8, 4) is 0 Å². The first-order valence-electron chi connectivity index (χ1n) is 10.1. The highest BCUT2D eigenvalue weighted by Gasteiger charge is 2.24. The number of ketones is 1. The topological polar surface area (TPSA) is 113 Å². The normalized spacial score (nSPS) is 11.9. The van der Waals surface area contributed by atoms with E-state index in [1.165, 1.54) is 12.3 Å². The van der Waals surface area contributed by atoms with Crippen LogP contribution in [0.5, 0.6) is 0 Å². The number of nitrogens with one attached hydrogen (secondary N) is 2. The minimum Gasteiger partial charge on any atom is -0.382 e. The van der Waals surface area contributed by atoms with Crippen LogP contribution in [0, 0.1) is 11.6 Å². The lowest BCUT2D eigenvalue weighted by Crippen LogP contribution is -2.41. The number of nitrogens with zero attached hydrogens (tertiary/aromatic N) is 3. The number of aromatic nitrogens is 2. The summed E-state index contributed by atoms with van der Waals surface area (Å²) in [5.41, 5.74) is 5.51. The van der Waals surface area contributed by atoms with Crippen molar-refractivity contribution in [3.05, 3.63) is 64.2 Å². The minimum atomic E-state index is -0.978. The van der Waals surface area contributed by atoms with E-state index in [1.54, 1.807) is 12.1 Å². The first-order chi connectivity index (χ1) is 15.7. The SMILES string of the molecule is CC[C@H](CN(C)C)NC(=O)c1ccc(Nc2nc(N)c(C(=O)c3c(F)cccc3F)s2)nc1. The summed E-state index contributed by atoms with van der Waals surface area (Å²) >= 11 is 0.848. The fourth-order valence-electron chi connectivity index (χ4n) is 3.07. The van der Waals surface area contributed by atoms with Crippen LogP contribution in [0.3, 0.4) is 0 Å². The number of amides is 1. The lowest BCUT2D eigenvalue weighted by Gasteiger charge is -2.20. The summed E-state index contributed by atoms with van der Waals surface area (Å²) in [6.07, 6.45) is 2.21. The Morgan fingerprint density at radius 1 is 1.18 bits per heavy atom. The zero-order chi connectivity index (χ0) is 24.1. The number of likely N-dealkylation sites (N-methyl/N-ethyl adjacent to an activating group) is 1. The van der Waals surface area contributed by atoms with Gasteiger partial charge in [0.2, 0.25) is 5.78 Å². The molecule has 11 heteroatoms. The summed E-state index contributed by atoms with van der Waals surface area (Å²) in [5.74, 6) is -2.88. The maximum atomic E-state index is 14.0. The molecule has 0 radical (unpaired) electrons. The van der Waals surface area contributed by atoms with Gasteiger partial charge in [-0.3, -0.25) is 9.59 Å². The molecule has 3 aromatic rings. The number of rotatable bonds is 9. The second kappa shape index (κ2) is 10.5. The van der Waals surface area contributed by atoms with Crippen LogP contribution in [0.25, 0.3) is 0 Å². The first kappa shape index (κ1) is 24.2. The molecule has 8 nitrogen and oxygen atoms in total. The second-order valence-corrected chi connectivity index (χ2v) is 8.56. The zero-order valence-corrected chi connectivity index (χ0v) is 19.2. The molecule has 174 valence electrons. The molecule has 1 amide bonds. The van der Waals surface area contributed by atoms with Gasteiger partial charge in [-0.05, 0) is 44.8 Å². The molecule has 4 N–H and O–H groups in total. The fourth-order valence-corrected chi connectivity index (χ4v) is 3.91. The molecule has 0 aliphatic heterocycles. The molecule has 0 bridgehead atoms. The van der Waals surface area contributed by atoms with E-state index in [2.05, 4.69) is 20.6 Å². The number of hydrogen-bond donors (Lipinski definition) is 3. The number of nitrogens with two attached hydrogens (primary N) is 1. The van der Waals surface area contributed by atoms with Crippen molar-refractivity contribution in [3.63, 3.8) is 0 Å². The van der Waals surface area contributed by atoms with E-state index in [0.717, 1.165) is 36.4 Å². The van der Waals surface area contributed by atoms with Gasteiger partial charge in [-0.15, -0.1) is 0 Å². The zero-order valence-electron chi connectivity index (χ0n) is 18.4. The molecule has 1 aromatic carbocycles. The van der Waals surface area contributed by atoms with E-state index in [1.807, 2.05) is 25.9 Å². The van der Waals surface area contributed by atoms with E-state index >= 15 is 0 Å². The molecule has 0 fully saturated rings. The summed E-state index contributed by atoms with van der Waals surface area (Å²) in [6, 6.07) is 6.36. The molecule has 0 unspecified atom stereocenters. The number of carbonyl (C=O) groups is 2. The molecule has 2 heterocycles. The Balaban J connectivity index is 1.71. The van der Waals surface area contributed by atoms with E-state index in [9.17, 15) is 18.4 Å². The maximum Gasteiger partial charge on any atom is 0.253 e. The molecule has 0 aliphatic rings. The summed E-state index contributed by atoms with van der Waals surface area (Å²) in [6.45, 7) is 2.72. The van der Waals surface area contributed by atoms with Crippen molar-refractivity contribution in [2.24, 2.45) is 0 Å². The largest absolute Gasteiger partial charge is 0.382 e. The Kier molecular flexibility index (Phi) is 7.67. The number of pyridine rings is 1. The second-order valence-electron chi connectivity index (χ2n) is 7.56.